The van der Waals surface area contributed by atoms with Gasteiger partial charge >= 0.3 is 0 Å². The van der Waals surface area contributed by atoms with Crippen LogP contribution >= 0.6 is 0 Å². The first-order valence-electron chi connectivity index (χ1n) is 12.1. The van der Waals surface area contributed by atoms with E-state index in [9.17, 15) is 29.7 Å². The van der Waals surface area contributed by atoms with Crippen LogP contribution in [0.25, 0.3) is 0 Å². The van der Waals surface area contributed by atoms with Gasteiger partial charge in [-0.2, -0.15) is 5.10 Å². The van der Waals surface area contributed by atoms with E-state index in [1.807, 2.05) is 0 Å². The molecule has 3 amide bonds. The summed E-state index contributed by atoms with van der Waals surface area (Å²) < 4.78 is 11.1. The molecule has 2 rings (SSSR count). The number of benzene rings is 1. The molecule has 0 aromatic heterocycles. The molecule has 5 atom stereocenters. The molecule has 37 heavy (non-hydrogen) atoms. The highest BCUT2D eigenvalue weighted by molar-refractivity contribution is 5.94. The lowest BCUT2D eigenvalue weighted by Crippen LogP contribution is -2.64. The number of hydrogen-bond donors (Lipinski definition) is 7. The standard InChI is InChI=1S/C24H37N5O8/c1-15(31)28-20-22(34)21(33)18(14-30)37-24(20)36-13-4-3-6-19(32)26-11-5-12-27-23(35)16-7-9-17(10-8-16)29-25-2/h7-10,18,20-22,24,29-30,33-34H,2-6,11-14H2,1H3,(H,26,32)(H,27,35)(H,28,31). The fourth-order valence-electron chi connectivity index (χ4n) is 3.70. The predicted molar refractivity (Wildman–Crippen MR) is 135 cm³/mol. The van der Waals surface area contributed by atoms with E-state index in [2.05, 4.69) is 33.2 Å². The van der Waals surface area contributed by atoms with Crippen LogP contribution in [0, 0.1) is 0 Å². The lowest BCUT2D eigenvalue weighted by molar-refractivity contribution is -0.270. The number of anilines is 1. The lowest BCUT2D eigenvalue weighted by Gasteiger charge is -2.42. The topological polar surface area (TPSA) is 191 Å². The van der Waals surface area contributed by atoms with Gasteiger partial charge in [0.25, 0.3) is 5.91 Å². The first-order chi connectivity index (χ1) is 17.8. The van der Waals surface area contributed by atoms with Gasteiger partial charge in [-0.05, 0) is 43.5 Å². The van der Waals surface area contributed by atoms with Gasteiger partial charge < -0.3 is 40.7 Å². The Hall–Kier alpha value is -3.10. The molecule has 1 fully saturated rings. The monoisotopic (exact) mass is 523 g/mol. The van der Waals surface area contributed by atoms with Crippen molar-refractivity contribution in [2.75, 3.05) is 31.7 Å². The number of unbranched alkanes of at least 4 members (excludes halogenated alkanes) is 1. The predicted octanol–water partition coefficient (Wildman–Crippen LogP) is -0.919. The van der Waals surface area contributed by atoms with E-state index in [4.69, 9.17) is 9.47 Å². The molecular formula is C24H37N5O8. The number of carbonyl (C=O) groups is 3. The summed E-state index contributed by atoms with van der Waals surface area (Å²) in [6.07, 6.45) is -2.95. The van der Waals surface area contributed by atoms with Crippen molar-refractivity contribution in [3.8, 4) is 0 Å². The maximum absolute atomic E-state index is 12.1. The molecule has 1 aromatic carbocycles. The van der Waals surface area contributed by atoms with Crippen LogP contribution in [-0.2, 0) is 19.1 Å². The molecule has 13 nitrogen and oxygen atoms in total. The Morgan fingerprint density at radius 1 is 1.05 bits per heavy atom. The number of rotatable bonds is 15. The quantitative estimate of drug-likeness (QED) is 0.0865. The van der Waals surface area contributed by atoms with Crippen LogP contribution in [0.5, 0.6) is 0 Å². The Morgan fingerprint density at radius 2 is 1.76 bits per heavy atom. The van der Waals surface area contributed by atoms with Gasteiger partial charge in [0, 0.05) is 45.3 Å². The fourth-order valence-corrected chi connectivity index (χ4v) is 3.70. The highest BCUT2D eigenvalue weighted by Gasteiger charge is 2.45. The largest absolute Gasteiger partial charge is 0.394 e. The summed E-state index contributed by atoms with van der Waals surface area (Å²) in [6.45, 7) is 5.09. The molecule has 5 unspecified atom stereocenters. The number of aliphatic hydroxyl groups excluding tert-OH is 3. The van der Waals surface area contributed by atoms with Crippen molar-refractivity contribution in [1.29, 1.82) is 0 Å². The molecule has 1 aliphatic rings. The lowest BCUT2D eigenvalue weighted by atomic mass is 9.97. The second kappa shape index (κ2) is 15.9. The van der Waals surface area contributed by atoms with Gasteiger partial charge in [-0.1, -0.05) is 0 Å². The van der Waals surface area contributed by atoms with Crippen molar-refractivity contribution >= 4 is 30.1 Å². The summed E-state index contributed by atoms with van der Waals surface area (Å²) in [4.78, 5) is 35.6. The number of ether oxygens (including phenoxy) is 2. The van der Waals surface area contributed by atoms with Crippen molar-refractivity contribution in [2.24, 2.45) is 5.10 Å². The third-order valence-electron chi connectivity index (χ3n) is 5.65. The van der Waals surface area contributed by atoms with Crippen LogP contribution < -0.4 is 21.4 Å². The van der Waals surface area contributed by atoms with Gasteiger partial charge in [-0.25, -0.2) is 0 Å². The molecule has 7 N–H and O–H groups in total. The van der Waals surface area contributed by atoms with Crippen molar-refractivity contribution in [2.45, 2.75) is 63.3 Å². The van der Waals surface area contributed by atoms with E-state index in [-0.39, 0.29) is 24.8 Å². The summed E-state index contributed by atoms with van der Waals surface area (Å²) in [5.74, 6) is -0.769. The number of carbonyl (C=O) groups excluding carboxylic acids is 3. The third-order valence-corrected chi connectivity index (χ3v) is 5.65. The van der Waals surface area contributed by atoms with E-state index in [1.165, 1.54) is 6.92 Å². The molecule has 1 heterocycles. The summed E-state index contributed by atoms with van der Waals surface area (Å²) >= 11 is 0. The highest BCUT2D eigenvalue weighted by atomic mass is 16.7. The average Bonchev–Trinajstić information content (AvgIpc) is 2.87. The number of amides is 3. The van der Waals surface area contributed by atoms with E-state index in [0.29, 0.717) is 37.9 Å². The molecule has 0 saturated carbocycles. The molecular weight excluding hydrogens is 486 g/mol. The Labute approximate surface area is 215 Å². The van der Waals surface area contributed by atoms with Crippen LogP contribution in [0.1, 0.15) is 43.0 Å². The minimum absolute atomic E-state index is 0.130. The maximum atomic E-state index is 12.1. The Kier molecular flexibility index (Phi) is 12.9. The molecule has 1 aromatic rings. The third kappa shape index (κ3) is 10.1. The molecule has 1 aliphatic heterocycles. The molecule has 1 saturated heterocycles. The zero-order valence-corrected chi connectivity index (χ0v) is 20.9. The molecule has 0 aliphatic carbocycles. The summed E-state index contributed by atoms with van der Waals surface area (Å²) in [5, 5.41) is 41.2. The van der Waals surface area contributed by atoms with Crippen LogP contribution in [-0.4, -0.2) is 96.7 Å². The van der Waals surface area contributed by atoms with Crippen molar-refractivity contribution < 1.29 is 39.2 Å². The molecule has 0 radical (unpaired) electrons. The van der Waals surface area contributed by atoms with Gasteiger partial charge in [-0.15, -0.1) is 0 Å². The number of hydrazone groups is 1. The van der Waals surface area contributed by atoms with Gasteiger partial charge in [0.05, 0.1) is 12.3 Å². The normalized spacial score (nSPS) is 23.1. The van der Waals surface area contributed by atoms with E-state index >= 15 is 0 Å². The SMILES string of the molecule is C=NNc1ccc(C(=O)NCCCNC(=O)CCCCOC2OC(CO)C(O)C(O)C2NC(C)=O)cc1. The minimum atomic E-state index is -1.37. The Morgan fingerprint density at radius 3 is 2.41 bits per heavy atom. The van der Waals surface area contributed by atoms with Crippen LogP contribution in [0.2, 0.25) is 0 Å². The molecule has 0 spiro atoms. The van der Waals surface area contributed by atoms with Gasteiger partial charge in [0.1, 0.15) is 24.4 Å². The second-order valence-corrected chi connectivity index (χ2v) is 8.57. The minimum Gasteiger partial charge on any atom is -0.394 e. The highest BCUT2D eigenvalue weighted by Crippen LogP contribution is 2.22. The second-order valence-electron chi connectivity index (χ2n) is 8.57. The molecule has 206 valence electrons. The van der Waals surface area contributed by atoms with E-state index in [0.717, 1.165) is 5.69 Å². The zero-order valence-electron chi connectivity index (χ0n) is 20.9. The van der Waals surface area contributed by atoms with Crippen LogP contribution in [0.15, 0.2) is 29.4 Å². The first-order valence-corrected chi connectivity index (χ1v) is 12.1. The molecule has 13 heteroatoms. The van der Waals surface area contributed by atoms with Crippen LogP contribution in [0.3, 0.4) is 0 Å². The fraction of sp³-hybridized carbons (Fsp3) is 0.583. The van der Waals surface area contributed by atoms with E-state index < -0.39 is 43.2 Å². The summed E-state index contributed by atoms with van der Waals surface area (Å²) in [7, 11) is 0. The Balaban J connectivity index is 1.59. The summed E-state index contributed by atoms with van der Waals surface area (Å²) in [6, 6.07) is 5.79. The average molecular weight is 524 g/mol. The number of nitrogens with one attached hydrogen (secondary N) is 4. The number of hydrogen-bond acceptors (Lipinski definition) is 10. The summed E-state index contributed by atoms with van der Waals surface area (Å²) in [5.41, 5.74) is 3.93. The Bertz CT molecular complexity index is 884. The van der Waals surface area contributed by atoms with Crippen molar-refractivity contribution in [3.63, 3.8) is 0 Å². The smallest absolute Gasteiger partial charge is 0.251 e. The van der Waals surface area contributed by atoms with Gasteiger partial charge in [-0.3, -0.25) is 19.8 Å². The van der Waals surface area contributed by atoms with Crippen molar-refractivity contribution in [1.82, 2.24) is 16.0 Å². The zero-order chi connectivity index (χ0) is 27.2. The van der Waals surface area contributed by atoms with Gasteiger partial charge in [0.2, 0.25) is 11.8 Å². The van der Waals surface area contributed by atoms with Crippen molar-refractivity contribution in [3.05, 3.63) is 29.8 Å². The maximum Gasteiger partial charge on any atom is 0.251 e. The number of nitrogens with zero attached hydrogens (tertiary/aromatic N) is 1. The molecule has 0 bridgehead atoms. The number of aliphatic hydroxyl groups is 3. The first kappa shape index (κ1) is 30.1. The van der Waals surface area contributed by atoms with Crippen LogP contribution in [0.4, 0.5) is 5.69 Å². The van der Waals surface area contributed by atoms with Gasteiger partial charge in [0.15, 0.2) is 6.29 Å². The van der Waals surface area contributed by atoms with E-state index in [1.54, 1.807) is 24.3 Å².